The van der Waals surface area contributed by atoms with Gasteiger partial charge >= 0.3 is 12.2 Å². The zero-order valence-corrected chi connectivity index (χ0v) is 22.9. The Kier molecular flexibility index (Phi) is 7.36. The van der Waals surface area contributed by atoms with E-state index in [4.69, 9.17) is 9.47 Å². The summed E-state index contributed by atoms with van der Waals surface area (Å²) in [6.45, 7) is 14.1. The highest BCUT2D eigenvalue weighted by atomic mass is 79.9. The van der Waals surface area contributed by atoms with E-state index in [2.05, 4.69) is 27.1 Å². The standard InChI is InChI=1S/C25H35BrN4O4/c1-16-19(14-27-28(16)8)17-9-10-20(26)18(13-17)21-15-29(22(31)33-24(2,3)4)11-12-30(21)23(32)34-25(5,6)7/h9-10,13-14,21H,11-12,15H2,1-8H3. The minimum absolute atomic E-state index is 0.294. The van der Waals surface area contributed by atoms with Gasteiger partial charge in [0.1, 0.15) is 11.2 Å². The molecule has 0 radical (unpaired) electrons. The van der Waals surface area contributed by atoms with Crippen molar-refractivity contribution in [1.29, 1.82) is 0 Å². The van der Waals surface area contributed by atoms with Gasteiger partial charge in [-0.2, -0.15) is 5.10 Å². The van der Waals surface area contributed by atoms with Gasteiger partial charge in [-0.25, -0.2) is 9.59 Å². The van der Waals surface area contributed by atoms with Crippen molar-refractivity contribution in [3.63, 3.8) is 0 Å². The number of hydrogen-bond donors (Lipinski definition) is 0. The Morgan fingerprint density at radius 1 is 1.03 bits per heavy atom. The fourth-order valence-corrected chi connectivity index (χ4v) is 4.34. The Labute approximate surface area is 210 Å². The Hall–Kier alpha value is -2.55. The number of benzene rings is 1. The first kappa shape index (κ1) is 26.1. The summed E-state index contributed by atoms with van der Waals surface area (Å²) in [6.07, 6.45) is 1.04. The molecular weight excluding hydrogens is 500 g/mol. The normalized spacial score (nSPS) is 17.0. The summed E-state index contributed by atoms with van der Waals surface area (Å²) < 4.78 is 14.0. The van der Waals surface area contributed by atoms with Crippen molar-refractivity contribution in [1.82, 2.24) is 19.6 Å². The zero-order chi connectivity index (χ0) is 25.4. The molecule has 1 unspecified atom stereocenters. The van der Waals surface area contributed by atoms with Crippen LogP contribution >= 0.6 is 15.9 Å². The Bertz CT molecular complexity index is 1070. The Morgan fingerprint density at radius 2 is 1.65 bits per heavy atom. The second kappa shape index (κ2) is 9.60. The number of carbonyl (C=O) groups excluding carboxylic acids is 2. The van der Waals surface area contributed by atoms with E-state index in [1.807, 2.05) is 78.5 Å². The van der Waals surface area contributed by atoms with Crippen molar-refractivity contribution < 1.29 is 19.1 Å². The molecule has 0 aliphatic carbocycles. The van der Waals surface area contributed by atoms with Crippen molar-refractivity contribution in [2.24, 2.45) is 7.05 Å². The highest BCUT2D eigenvalue weighted by Crippen LogP contribution is 2.36. The molecule has 1 fully saturated rings. The molecule has 1 aromatic carbocycles. The van der Waals surface area contributed by atoms with Crippen LogP contribution in [0.2, 0.25) is 0 Å². The zero-order valence-electron chi connectivity index (χ0n) is 21.3. The van der Waals surface area contributed by atoms with Gasteiger partial charge in [-0.3, -0.25) is 9.58 Å². The molecule has 0 saturated carbocycles. The third kappa shape index (κ3) is 6.11. The topological polar surface area (TPSA) is 76.9 Å². The molecule has 0 bridgehead atoms. The van der Waals surface area contributed by atoms with Crippen molar-refractivity contribution in [3.05, 3.63) is 40.1 Å². The number of rotatable bonds is 2. The van der Waals surface area contributed by atoms with Crippen molar-refractivity contribution in [2.45, 2.75) is 65.7 Å². The second-order valence-electron chi connectivity index (χ2n) is 10.6. The van der Waals surface area contributed by atoms with Crippen LogP contribution in [-0.4, -0.2) is 62.6 Å². The van der Waals surface area contributed by atoms with Crippen LogP contribution in [-0.2, 0) is 16.5 Å². The van der Waals surface area contributed by atoms with E-state index in [0.717, 1.165) is 26.9 Å². The monoisotopic (exact) mass is 534 g/mol. The number of nitrogens with zero attached hydrogens (tertiary/aromatic N) is 4. The highest BCUT2D eigenvalue weighted by Gasteiger charge is 2.38. The summed E-state index contributed by atoms with van der Waals surface area (Å²) in [5, 5.41) is 4.36. The van der Waals surface area contributed by atoms with Crippen LogP contribution in [0, 0.1) is 6.92 Å². The summed E-state index contributed by atoms with van der Waals surface area (Å²) in [4.78, 5) is 29.4. The first-order valence-corrected chi connectivity index (χ1v) is 12.2. The lowest BCUT2D eigenvalue weighted by Crippen LogP contribution is -2.54. The molecule has 0 spiro atoms. The van der Waals surface area contributed by atoms with Crippen molar-refractivity contribution in [3.8, 4) is 11.1 Å². The van der Waals surface area contributed by atoms with E-state index in [9.17, 15) is 9.59 Å². The van der Waals surface area contributed by atoms with Gasteiger partial charge in [0.25, 0.3) is 0 Å². The molecule has 2 heterocycles. The molecule has 34 heavy (non-hydrogen) atoms. The van der Waals surface area contributed by atoms with Gasteiger partial charge in [0.15, 0.2) is 0 Å². The lowest BCUT2D eigenvalue weighted by atomic mass is 9.97. The maximum atomic E-state index is 13.2. The largest absolute Gasteiger partial charge is 0.444 e. The average Bonchev–Trinajstić information content (AvgIpc) is 3.04. The van der Waals surface area contributed by atoms with Crippen molar-refractivity contribution in [2.75, 3.05) is 19.6 Å². The SMILES string of the molecule is Cc1c(-c2ccc(Br)c(C3CN(C(=O)OC(C)(C)C)CCN3C(=O)OC(C)(C)C)c2)cnn1C. The van der Waals surface area contributed by atoms with Crippen LogP contribution in [0.1, 0.15) is 58.8 Å². The molecule has 9 heteroatoms. The molecule has 1 atom stereocenters. The number of aryl methyl sites for hydroxylation is 1. The number of carbonyl (C=O) groups is 2. The molecule has 2 aromatic rings. The molecule has 2 amide bonds. The van der Waals surface area contributed by atoms with Crippen LogP contribution in [0.5, 0.6) is 0 Å². The van der Waals surface area contributed by atoms with Crippen LogP contribution < -0.4 is 0 Å². The second-order valence-corrected chi connectivity index (χ2v) is 11.5. The Balaban J connectivity index is 2.01. The van der Waals surface area contributed by atoms with E-state index >= 15 is 0 Å². The van der Waals surface area contributed by atoms with E-state index in [-0.39, 0.29) is 0 Å². The molecule has 186 valence electrons. The van der Waals surface area contributed by atoms with E-state index in [1.165, 1.54) is 0 Å². The van der Waals surface area contributed by atoms with Gasteiger partial charge in [0, 0.05) is 42.4 Å². The quantitative estimate of drug-likeness (QED) is 0.494. The number of aromatic nitrogens is 2. The third-order valence-corrected chi connectivity index (χ3v) is 6.28. The van der Waals surface area contributed by atoms with E-state index < -0.39 is 29.4 Å². The van der Waals surface area contributed by atoms with Crippen LogP contribution in [0.4, 0.5) is 9.59 Å². The molecule has 1 aliphatic rings. The summed E-state index contributed by atoms with van der Waals surface area (Å²) in [6, 6.07) is 5.62. The summed E-state index contributed by atoms with van der Waals surface area (Å²) in [5.41, 5.74) is 2.70. The van der Waals surface area contributed by atoms with Crippen LogP contribution in [0.3, 0.4) is 0 Å². The first-order chi connectivity index (χ1) is 15.7. The van der Waals surface area contributed by atoms with Crippen LogP contribution in [0.25, 0.3) is 11.1 Å². The maximum Gasteiger partial charge on any atom is 0.410 e. The fourth-order valence-electron chi connectivity index (χ4n) is 3.83. The lowest BCUT2D eigenvalue weighted by molar-refractivity contribution is -0.0153. The summed E-state index contributed by atoms with van der Waals surface area (Å²) >= 11 is 3.67. The number of hydrogen-bond acceptors (Lipinski definition) is 5. The minimum atomic E-state index is -0.629. The minimum Gasteiger partial charge on any atom is -0.444 e. The number of halogens is 1. The molecule has 0 N–H and O–H groups in total. The lowest BCUT2D eigenvalue weighted by Gasteiger charge is -2.42. The molecular formula is C25H35BrN4O4. The van der Waals surface area contributed by atoms with E-state index in [0.29, 0.717) is 19.6 Å². The third-order valence-electron chi connectivity index (χ3n) is 5.56. The predicted molar refractivity (Wildman–Crippen MR) is 135 cm³/mol. The summed E-state index contributed by atoms with van der Waals surface area (Å²) in [5.74, 6) is 0. The van der Waals surface area contributed by atoms with Crippen molar-refractivity contribution >= 4 is 28.1 Å². The summed E-state index contributed by atoms with van der Waals surface area (Å²) in [7, 11) is 1.91. The van der Waals surface area contributed by atoms with Crippen LogP contribution in [0.15, 0.2) is 28.9 Å². The van der Waals surface area contributed by atoms with E-state index in [1.54, 1.807) is 9.80 Å². The van der Waals surface area contributed by atoms with Gasteiger partial charge in [-0.15, -0.1) is 0 Å². The molecule has 1 aromatic heterocycles. The molecule has 1 saturated heterocycles. The smallest absolute Gasteiger partial charge is 0.410 e. The fraction of sp³-hybridized carbons (Fsp3) is 0.560. The number of ether oxygens (including phenoxy) is 2. The highest BCUT2D eigenvalue weighted by molar-refractivity contribution is 9.10. The van der Waals surface area contributed by atoms with Gasteiger partial charge in [-0.1, -0.05) is 22.0 Å². The molecule has 8 nitrogen and oxygen atoms in total. The Morgan fingerprint density at radius 3 is 2.21 bits per heavy atom. The first-order valence-electron chi connectivity index (χ1n) is 11.4. The van der Waals surface area contributed by atoms with Gasteiger partial charge in [0.2, 0.25) is 0 Å². The average molecular weight is 535 g/mol. The predicted octanol–water partition coefficient (Wildman–Crippen LogP) is 5.69. The number of amides is 2. The molecule has 1 aliphatic heterocycles. The number of piperazine rings is 1. The maximum absolute atomic E-state index is 13.2. The molecule has 3 rings (SSSR count). The van der Waals surface area contributed by atoms with Gasteiger partial charge in [-0.05, 0) is 71.7 Å². The van der Waals surface area contributed by atoms with Gasteiger partial charge in [0.05, 0.1) is 12.2 Å². The van der Waals surface area contributed by atoms with Gasteiger partial charge < -0.3 is 14.4 Å².